The van der Waals surface area contributed by atoms with Crippen LogP contribution in [0.2, 0.25) is 0 Å². The van der Waals surface area contributed by atoms with Gasteiger partial charge in [-0.1, -0.05) is 12.1 Å². The minimum absolute atomic E-state index is 0.0147. The fourth-order valence-electron chi connectivity index (χ4n) is 2.40. The van der Waals surface area contributed by atoms with Crippen LogP contribution in [0.25, 0.3) is 0 Å². The molecule has 1 atom stereocenters. The molecule has 19 heavy (non-hydrogen) atoms. The third-order valence-corrected chi connectivity index (χ3v) is 4.88. The van der Waals surface area contributed by atoms with Crippen LogP contribution in [0, 0.1) is 5.92 Å². The van der Waals surface area contributed by atoms with Gasteiger partial charge in [0.1, 0.15) is 11.2 Å². The Kier molecular flexibility index (Phi) is 4.21. The van der Waals surface area contributed by atoms with Gasteiger partial charge < -0.3 is 9.69 Å². The van der Waals surface area contributed by atoms with E-state index in [2.05, 4.69) is 4.72 Å². The number of carbonyl (C=O) groups excluding carboxylic acids is 1. The van der Waals surface area contributed by atoms with Gasteiger partial charge >= 0.3 is 0 Å². The van der Waals surface area contributed by atoms with Crippen molar-refractivity contribution in [2.75, 3.05) is 25.0 Å². The van der Waals surface area contributed by atoms with E-state index in [1.807, 2.05) is 11.0 Å². The zero-order chi connectivity index (χ0) is 13.9. The van der Waals surface area contributed by atoms with E-state index < -0.39 is 10.0 Å². The number of piperidine rings is 1. The van der Waals surface area contributed by atoms with Crippen molar-refractivity contribution < 1.29 is 13.2 Å². The van der Waals surface area contributed by atoms with Crippen molar-refractivity contribution in [1.82, 2.24) is 4.72 Å². The number of rotatable bonds is 4. The lowest BCUT2D eigenvalue weighted by atomic mass is 9.99. The average molecular weight is 282 g/mol. The Balaban J connectivity index is 2.37. The van der Waals surface area contributed by atoms with Gasteiger partial charge in [-0.2, -0.15) is 0 Å². The van der Waals surface area contributed by atoms with E-state index in [-0.39, 0.29) is 10.8 Å². The van der Waals surface area contributed by atoms with Gasteiger partial charge in [0.15, 0.2) is 0 Å². The zero-order valence-electron chi connectivity index (χ0n) is 10.9. The number of hydrogen-bond donors (Lipinski definition) is 1. The van der Waals surface area contributed by atoms with E-state index in [4.69, 9.17) is 0 Å². The Labute approximate surface area is 113 Å². The predicted octanol–water partition coefficient (Wildman–Crippen LogP) is 1.01. The molecule has 1 heterocycles. The molecule has 104 valence electrons. The van der Waals surface area contributed by atoms with E-state index in [1.54, 1.807) is 18.2 Å². The lowest BCUT2D eigenvalue weighted by Crippen LogP contribution is -2.37. The summed E-state index contributed by atoms with van der Waals surface area (Å²) >= 11 is 0. The third-order valence-electron chi connectivity index (χ3n) is 3.41. The van der Waals surface area contributed by atoms with E-state index in [1.165, 1.54) is 7.05 Å². The van der Waals surface area contributed by atoms with Crippen LogP contribution in [-0.4, -0.2) is 34.8 Å². The lowest BCUT2D eigenvalue weighted by molar-refractivity contribution is -0.111. The number of para-hydroxylation sites is 1. The van der Waals surface area contributed by atoms with Crippen molar-refractivity contribution in [2.45, 2.75) is 17.7 Å². The maximum atomic E-state index is 12.0. The van der Waals surface area contributed by atoms with E-state index in [9.17, 15) is 13.2 Å². The zero-order valence-corrected chi connectivity index (χ0v) is 11.7. The van der Waals surface area contributed by atoms with Gasteiger partial charge in [0.05, 0.1) is 5.69 Å². The summed E-state index contributed by atoms with van der Waals surface area (Å²) < 4.78 is 26.4. The molecule has 1 aromatic rings. The first kappa shape index (κ1) is 14.0. The molecule has 0 amide bonds. The molecule has 1 aliphatic rings. The molecule has 0 saturated carbocycles. The van der Waals surface area contributed by atoms with Crippen molar-refractivity contribution in [2.24, 2.45) is 5.92 Å². The third kappa shape index (κ3) is 2.96. The van der Waals surface area contributed by atoms with Crippen LogP contribution in [-0.2, 0) is 14.8 Å². The van der Waals surface area contributed by atoms with Crippen molar-refractivity contribution in [3.05, 3.63) is 24.3 Å². The minimum atomic E-state index is -3.48. The number of hydrogen-bond acceptors (Lipinski definition) is 4. The molecule has 0 aromatic heterocycles. The molecule has 1 saturated heterocycles. The second-order valence-electron chi connectivity index (χ2n) is 4.66. The first-order valence-corrected chi connectivity index (χ1v) is 7.79. The first-order chi connectivity index (χ1) is 9.08. The van der Waals surface area contributed by atoms with E-state index in [0.717, 1.165) is 25.7 Å². The summed E-state index contributed by atoms with van der Waals surface area (Å²) in [4.78, 5) is 13.2. The Morgan fingerprint density at radius 2 is 2.11 bits per heavy atom. The molecule has 1 aromatic carbocycles. The number of nitrogens with one attached hydrogen (secondary N) is 1. The minimum Gasteiger partial charge on any atom is -0.370 e. The number of sulfonamides is 1. The second-order valence-corrected chi connectivity index (χ2v) is 6.51. The van der Waals surface area contributed by atoms with Gasteiger partial charge in [-0.3, -0.25) is 0 Å². The highest BCUT2D eigenvalue weighted by Crippen LogP contribution is 2.28. The highest BCUT2D eigenvalue weighted by Gasteiger charge is 2.24. The van der Waals surface area contributed by atoms with Gasteiger partial charge in [0, 0.05) is 19.0 Å². The first-order valence-electron chi connectivity index (χ1n) is 6.31. The molecular weight excluding hydrogens is 264 g/mol. The molecule has 1 fully saturated rings. The average Bonchev–Trinajstić information content (AvgIpc) is 2.47. The topological polar surface area (TPSA) is 66.5 Å². The number of carbonyl (C=O) groups is 1. The lowest BCUT2D eigenvalue weighted by Gasteiger charge is -2.33. The second kappa shape index (κ2) is 5.71. The summed E-state index contributed by atoms with van der Waals surface area (Å²) in [6.07, 6.45) is 2.74. The summed E-state index contributed by atoms with van der Waals surface area (Å²) in [6.45, 7) is 1.36. The molecule has 2 rings (SSSR count). The Bertz CT molecular complexity index is 557. The maximum Gasteiger partial charge on any atom is 0.242 e. The Morgan fingerprint density at radius 1 is 1.37 bits per heavy atom. The van der Waals surface area contributed by atoms with Crippen molar-refractivity contribution in [3.8, 4) is 0 Å². The van der Waals surface area contributed by atoms with Crippen molar-refractivity contribution in [3.63, 3.8) is 0 Å². The fourth-order valence-corrected chi connectivity index (χ4v) is 3.35. The largest absolute Gasteiger partial charge is 0.370 e. The summed E-state index contributed by atoms with van der Waals surface area (Å²) in [5.74, 6) is -0.0147. The summed E-state index contributed by atoms with van der Waals surface area (Å²) in [5.41, 5.74) is 0.670. The van der Waals surface area contributed by atoms with Gasteiger partial charge in [-0.15, -0.1) is 0 Å². The summed E-state index contributed by atoms with van der Waals surface area (Å²) in [7, 11) is -2.08. The number of aldehydes is 1. The van der Waals surface area contributed by atoms with Crippen LogP contribution in [0.15, 0.2) is 29.2 Å². The number of anilines is 1. The predicted molar refractivity (Wildman–Crippen MR) is 73.7 cm³/mol. The molecule has 5 nitrogen and oxygen atoms in total. The molecule has 1 unspecified atom stereocenters. The van der Waals surface area contributed by atoms with Crippen LogP contribution < -0.4 is 9.62 Å². The Hall–Kier alpha value is -1.40. The van der Waals surface area contributed by atoms with Crippen LogP contribution >= 0.6 is 0 Å². The van der Waals surface area contributed by atoms with Crippen LogP contribution in [0.1, 0.15) is 12.8 Å². The van der Waals surface area contributed by atoms with E-state index >= 15 is 0 Å². The van der Waals surface area contributed by atoms with E-state index in [0.29, 0.717) is 12.2 Å². The Morgan fingerprint density at radius 3 is 2.79 bits per heavy atom. The highest BCUT2D eigenvalue weighted by molar-refractivity contribution is 7.89. The molecule has 0 aliphatic carbocycles. The maximum absolute atomic E-state index is 12.0. The number of benzene rings is 1. The quantitative estimate of drug-likeness (QED) is 0.837. The highest BCUT2D eigenvalue weighted by atomic mass is 32.2. The smallest absolute Gasteiger partial charge is 0.242 e. The van der Waals surface area contributed by atoms with Gasteiger partial charge in [0.25, 0.3) is 0 Å². The van der Waals surface area contributed by atoms with Crippen LogP contribution in [0.5, 0.6) is 0 Å². The molecule has 0 spiro atoms. The summed E-state index contributed by atoms with van der Waals surface area (Å²) in [6, 6.07) is 6.90. The standard InChI is InChI=1S/C13H18N2O3S/c1-14-19(17,18)13-7-3-2-6-12(13)15-8-4-5-11(9-15)10-16/h2-3,6-7,10-11,14H,4-5,8-9H2,1H3. The molecule has 1 N–H and O–H groups in total. The molecular formula is C13H18N2O3S. The van der Waals surface area contributed by atoms with Crippen molar-refractivity contribution >= 4 is 22.0 Å². The fraction of sp³-hybridized carbons (Fsp3) is 0.462. The monoisotopic (exact) mass is 282 g/mol. The number of nitrogens with zero attached hydrogens (tertiary/aromatic N) is 1. The van der Waals surface area contributed by atoms with Crippen molar-refractivity contribution in [1.29, 1.82) is 0 Å². The van der Waals surface area contributed by atoms with Crippen LogP contribution in [0.3, 0.4) is 0 Å². The SMILES string of the molecule is CNS(=O)(=O)c1ccccc1N1CCCC(C=O)C1. The van der Waals surface area contributed by atoms with Crippen LogP contribution in [0.4, 0.5) is 5.69 Å². The molecule has 6 heteroatoms. The van der Waals surface area contributed by atoms with Gasteiger partial charge in [-0.05, 0) is 32.0 Å². The summed E-state index contributed by atoms with van der Waals surface area (Å²) in [5, 5.41) is 0. The van der Waals surface area contributed by atoms with Gasteiger partial charge in [0.2, 0.25) is 10.0 Å². The molecule has 1 aliphatic heterocycles. The molecule has 0 radical (unpaired) electrons. The van der Waals surface area contributed by atoms with Gasteiger partial charge in [-0.25, -0.2) is 13.1 Å². The molecule has 0 bridgehead atoms. The normalized spacial score (nSPS) is 20.3.